The Balaban J connectivity index is 1.91. The predicted molar refractivity (Wildman–Crippen MR) is 98.1 cm³/mol. The van der Waals surface area contributed by atoms with Gasteiger partial charge in [0.1, 0.15) is 0 Å². The van der Waals surface area contributed by atoms with E-state index in [-0.39, 0.29) is 0 Å². The van der Waals surface area contributed by atoms with E-state index in [9.17, 15) is 0 Å². The van der Waals surface area contributed by atoms with Gasteiger partial charge in [0.25, 0.3) is 0 Å². The Morgan fingerprint density at radius 1 is 1.17 bits per heavy atom. The van der Waals surface area contributed by atoms with Crippen molar-refractivity contribution in [2.45, 2.75) is 20.0 Å². The summed E-state index contributed by atoms with van der Waals surface area (Å²) in [7, 11) is 1.69. The zero-order valence-corrected chi connectivity index (χ0v) is 14.6. The van der Waals surface area contributed by atoms with E-state index in [4.69, 9.17) is 9.72 Å². The predicted octanol–water partition coefficient (Wildman–Crippen LogP) is 4.24. The minimum absolute atomic E-state index is 0.537. The zero-order valence-electron chi connectivity index (χ0n) is 13.8. The van der Waals surface area contributed by atoms with E-state index < -0.39 is 0 Å². The lowest BCUT2D eigenvalue weighted by molar-refractivity contribution is 0.185. The van der Waals surface area contributed by atoms with Gasteiger partial charge in [-0.25, -0.2) is 15.0 Å². The van der Waals surface area contributed by atoms with Crippen molar-refractivity contribution >= 4 is 16.5 Å². The molecule has 0 unspecified atom stereocenters. The molecule has 0 bridgehead atoms. The van der Waals surface area contributed by atoms with E-state index in [0.717, 1.165) is 39.8 Å². The SMILES string of the molecule is CCCNc1ncc(-c2ccnc(-c3ccccc3COC)n2)s1. The summed E-state index contributed by atoms with van der Waals surface area (Å²) in [5.41, 5.74) is 2.95. The first-order valence-corrected chi connectivity index (χ1v) is 8.73. The number of hydrogen-bond acceptors (Lipinski definition) is 6. The van der Waals surface area contributed by atoms with E-state index in [1.54, 1.807) is 24.6 Å². The first-order chi connectivity index (χ1) is 11.8. The molecular weight excluding hydrogens is 320 g/mol. The Morgan fingerprint density at radius 2 is 2.04 bits per heavy atom. The van der Waals surface area contributed by atoms with Crippen molar-refractivity contribution in [1.29, 1.82) is 0 Å². The molecule has 2 heterocycles. The van der Waals surface area contributed by atoms with Crippen molar-refractivity contribution in [3.63, 3.8) is 0 Å². The van der Waals surface area contributed by atoms with Gasteiger partial charge in [-0.2, -0.15) is 0 Å². The number of hydrogen-bond donors (Lipinski definition) is 1. The molecule has 1 aromatic carbocycles. The van der Waals surface area contributed by atoms with Crippen molar-refractivity contribution in [2.24, 2.45) is 0 Å². The Labute approximate surface area is 145 Å². The summed E-state index contributed by atoms with van der Waals surface area (Å²) in [6.45, 7) is 3.59. The van der Waals surface area contributed by atoms with E-state index in [2.05, 4.69) is 22.2 Å². The highest BCUT2D eigenvalue weighted by Gasteiger charge is 2.11. The largest absolute Gasteiger partial charge is 0.380 e. The molecule has 3 aromatic rings. The second kappa shape index (κ2) is 7.99. The fourth-order valence-electron chi connectivity index (χ4n) is 2.35. The van der Waals surface area contributed by atoms with E-state index in [0.29, 0.717) is 12.4 Å². The van der Waals surface area contributed by atoms with Crippen LogP contribution in [0.25, 0.3) is 22.0 Å². The average Bonchev–Trinajstić information content (AvgIpc) is 3.10. The molecule has 0 saturated carbocycles. The van der Waals surface area contributed by atoms with Gasteiger partial charge in [-0.15, -0.1) is 0 Å². The minimum atomic E-state index is 0.537. The number of anilines is 1. The standard InChI is InChI=1S/C18H20N4OS/c1-3-9-20-18-21-11-16(24-18)15-8-10-19-17(22-15)14-7-5-4-6-13(14)12-23-2/h4-8,10-11H,3,9,12H2,1-2H3,(H,20,21). The van der Waals surface area contributed by atoms with Gasteiger partial charge < -0.3 is 10.1 Å². The lowest BCUT2D eigenvalue weighted by Gasteiger charge is -2.08. The number of thiazole rings is 1. The third kappa shape index (κ3) is 3.77. The highest BCUT2D eigenvalue weighted by Crippen LogP contribution is 2.29. The zero-order chi connectivity index (χ0) is 16.8. The summed E-state index contributed by atoms with van der Waals surface area (Å²) >= 11 is 1.61. The van der Waals surface area contributed by atoms with Crippen LogP contribution < -0.4 is 5.32 Å². The molecule has 0 amide bonds. The molecule has 0 aliphatic rings. The highest BCUT2D eigenvalue weighted by molar-refractivity contribution is 7.18. The molecular formula is C18H20N4OS. The van der Waals surface area contributed by atoms with Crippen LogP contribution in [0.4, 0.5) is 5.13 Å². The molecule has 0 spiro atoms. The fraction of sp³-hybridized carbons (Fsp3) is 0.278. The topological polar surface area (TPSA) is 59.9 Å². The van der Waals surface area contributed by atoms with Gasteiger partial charge in [0, 0.05) is 31.6 Å². The van der Waals surface area contributed by atoms with E-state index in [1.165, 1.54) is 0 Å². The van der Waals surface area contributed by atoms with Crippen LogP contribution in [0.3, 0.4) is 0 Å². The summed E-state index contributed by atoms with van der Waals surface area (Å²) in [5, 5.41) is 4.23. The Kier molecular flexibility index (Phi) is 5.51. The summed E-state index contributed by atoms with van der Waals surface area (Å²) < 4.78 is 5.27. The monoisotopic (exact) mass is 340 g/mol. The molecule has 124 valence electrons. The molecule has 24 heavy (non-hydrogen) atoms. The molecule has 0 aliphatic heterocycles. The molecule has 0 saturated heterocycles. The van der Waals surface area contributed by atoms with Crippen molar-refractivity contribution < 1.29 is 4.74 Å². The van der Waals surface area contributed by atoms with Crippen molar-refractivity contribution in [3.8, 4) is 22.0 Å². The molecule has 1 N–H and O–H groups in total. The van der Waals surface area contributed by atoms with Crippen molar-refractivity contribution in [2.75, 3.05) is 19.0 Å². The first-order valence-electron chi connectivity index (χ1n) is 7.92. The second-order valence-corrected chi connectivity index (χ2v) is 6.34. The molecule has 2 aromatic heterocycles. The van der Waals surface area contributed by atoms with Gasteiger partial charge in [-0.3, -0.25) is 0 Å². The van der Waals surface area contributed by atoms with Crippen LogP contribution in [-0.4, -0.2) is 28.6 Å². The maximum Gasteiger partial charge on any atom is 0.183 e. The third-order valence-electron chi connectivity index (χ3n) is 3.50. The van der Waals surface area contributed by atoms with E-state index in [1.807, 2.05) is 36.5 Å². The van der Waals surface area contributed by atoms with Crippen LogP contribution in [0.1, 0.15) is 18.9 Å². The number of rotatable bonds is 7. The molecule has 0 atom stereocenters. The number of nitrogens with one attached hydrogen (secondary N) is 1. The molecule has 6 heteroatoms. The normalized spacial score (nSPS) is 10.8. The molecule has 0 fully saturated rings. The Morgan fingerprint density at radius 3 is 2.88 bits per heavy atom. The van der Waals surface area contributed by atoms with Crippen LogP contribution in [0, 0.1) is 0 Å². The average molecular weight is 340 g/mol. The van der Waals surface area contributed by atoms with Crippen LogP contribution in [0.15, 0.2) is 42.7 Å². The highest BCUT2D eigenvalue weighted by atomic mass is 32.1. The first kappa shape index (κ1) is 16.5. The van der Waals surface area contributed by atoms with Crippen LogP contribution >= 0.6 is 11.3 Å². The number of nitrogens with zero attached hydrogens (tertiary/aromatic N) is 3. The van der Waals surface area contributed by atoms with Crippen molar-refractivity contribution in [3.05, 3.63) is 48.3 Å². The quantitative estimate of drug-likeness (QED) is 0.697. The summed E-state index contributed by atoms with van der Waals surface area (Å²) in [6, 6.07) is 9.96. The maximum atomic E-state index is 5.27. The van der Waals surface area contributed by atoms with Gasteiger partial charge in [-0.1, -0.05) is 42.5 Å². The minimum Gasteiger partial charge on any atom is -0.380 e. The molecule has 0 radical (unpaired) electrons. The molecule has 5 nitrogen and oxygen atoms in total. The van der Waals surface area contributed by atoms with E-state index >= 15 is 0 Å². The Hall–Kier alpha value is -2.31. The van der Waals surface area contributed by atoms with Crippen LogP contribution in [0.2, 0.25) is 0 Å². The van der Waals surface area contributed by atoms with Crippen molar-refractivity contribution in [1.82, 2.24) is 15.0 Å². The maximum absolute atomic E-state index is 5.27. The van der Waals surface area contributed by atoms with Gasteiger partial charge in [0.05, 0.1) is 17.2 Å². The summed E-state index contributed by atoms with van der Waals surface area (Å²) in [4.78, 5) is 14.6. The summed E-state index contributed by atoms with van der Waals surface area (Å²) in [5.74, 6) is 0.705. The van der Waals surface area contributed by atoms with Gasteiger partial charge >= 0.3 is 0 Å². The number of benzene rings is 1. The molecule has 3 rings (SSSR count). The molecule has 0 aliphatic carbocycles. The lowest BCUT2D eigenvalue weighted by atomic mass is 10.1. The van der Waals surface area contributed by atoms with Gasteiger partial charge in [0.15, 0.2) is 11.0 Å². The second-order valence-electron chi connectivity index (χ2n) is 5.31. The number of methoxy groups -OCH3 is 1. The Bertz CT molecular complexity index is 803. The fourth-order valence-corrected chi connectivity index (χ4v) is 3.16. The lowest BCUT2D eigenvalue weighted by Crippen LogP contribution is -1.97. The smallest absolute Gasteiger partial charge is 0.183 e. The van der Waals surface area contributed by atoms with Gasteiger partial charge in [-0.05, 0) is 18.1 Å². The van der Waals surface area contributed by atoms with Gasteiger partial charge in [0.2, 0.25) is 0 Å². The third-order valence-corrected chi connectivity index (χ3v) is 4.48. The van der Waals surface area contributed by atoms with Crippen LogP contribution in [0.5, 0.6) is 0 Å². The number of ether oxygens (including phenoxy) is 1. The summed E-state index contributed by atoms with van der Waals surface area (Å²) in [6.07, 6.45) is 4.72. The van der Waals surface area contributed by atoms with Crippen LogP contribution in [-0.2, 0) is 11.3 Å². The number of aromatic nitrogens is 3.